The highest BCUT2D eigenvalue weighted by atomic mass is 35.5. The first-order chi connectivity index (χ1) is 10.5. The van der Waals surface area contributed by atoms with E-state index in [0.717, 1.165) is 0 Å². The third-order valence-electron chi connectivity index (χ3n) is 3.40. The van der Waals surface area contributed by atoms with Gasteiger partial charge in [0.2, 0.25) is 5.75 Å². The summed E-state index contributed by atoms with van der Waals surface area (Å²) >= 11 is 0. The molecule has 0 saturated carbocycles. The second-order valence-corrected chi connectivity index (χ2v) is 5.26. The summed E-state index contributed by atoms with van der Waals surface area (Å²) in [6, 6.07) is 3.47. The van der Waals surface area contributed by atoms with E-state index in [1.807, 2.05) is 19.0 Å². The van der Waals surface area contributed by atoms with Crippen molar-refractivity contribution in [1.82, 2.24) is 4.90 Å². The van der Waals surface area contributed by atoms with Crippen LogP contribution in [0.4, 0.5) is 10.5 Å². The molecule has 0 N–H and O–H groups in total. The standard InChI is InChI=1S/C15H22N2O5.ClH/c1-16(2)8-11-9-17(15(18)22-11)10-6-12(19-3)14(21-5)13(7-10)20-4;/h6-7,11H,8-9H2,1-5H3;1H. The van der Waals surface area contributed by atoms with Gasteiger partial charge in [-0.3, -0.25) is 4.90 Å². The molecule has 0 aromatic heterocycles. The van der Waals surface area contributed by atoms with Gasteiger partial charge < -0.3 is 23.8 Å². The van der Waals surface area contributed by atoms with Crippen LogP contribution in [0.15, 0.2) is 12.1 Å². The number of hydrogen-bond donors (Lipinski definition) is 0. The highest BCUT2D eigenvalue weighted by molar-refractivity contribution is 5.90. The van der Waals surface area contributed by atoms with Crippen LogP contribution >= 0.6 is 12.4 Å². The van der Waals surface area contributed by atoms with Gasteiger partial charge in [-0.1, -0.05) is 0 Å². The van der Waals surface area contributed by atoms with Crippen molar-refractivity contribution in [3.63, 3.8) is 0 Å². The number of amides is 1. The predicted molar refractivity (Wildman–Crippen MR) is 89.5 cm³/mol. The number of likely N-dealkylation sites (N-methyl/N-ethyl adjacent to an activating group) is 1. The maximum absolute atomic E-state index is 12.1. The summed E-state index contributed by atoms with van der Waals surface area (Å²) < 4.78 is 21.3. The van der Waals surface area contributed by atoms with Crippen LogP contribution in [0.5, 0.6) is 17.2 Å². The van der Waals surface area contributed by atoms with Crippen LogP contribution in [0.1, 0.15) is 0 Å². The normalized spacial score (nSPS) is 16.9. The van der Waals surface area contributed by atoms with Gasteiger partial charge in [0.1, 0.15) is 6.10 Å². The molecule has 0 radical (unpaired) electrons. The molecule has 1 fully saturated rings. The number of anilines is 1. The first-order valence-electron chi connectivity index (χ1n) is 6.93. The average molecular weight is 347 g/mol. The maximum atomic E-state index is 12.1. The van der Waals surface area contributed by atoms with Crippen molar-refractivity contribution in [1.29, 1.82) is 0 Å². The summed E-state index contributed by atoms with van der Waals surface area (Å²) in [6.45, 7) is 1.16. The molecule has 1 aliphatic heterocycles. The first kappa shape index (κ1) is 19.2. The molecular weight excluding hydrogens is 324 g/mol. The Morgan fingerprint density at radius 1 is 1.17 bits per heavy atom. The zero-order valence-corrected chi connectivity index (χ0v) is 14.8. The molecule has 8 heteroatoms. The van der Waals surface area contributed by atoms with Crippen molar-refractivity contribution in [2.45, 2.75) is 6.10 Å². The molecule has 0 spiro atoms. The van der Waals surface area contributed by atoms with E-state index in [0.29, 0.717) is 36.0 Å². The molecule has 1 saturated heterocycles. The Labute approximate surface area is 142 Å². The predicted octanol–water partition coefficient (Wildman–Crippen LogP) is 2.02. The highest BCUT2D eigenvalue weighted by Gasteiger charge is 2.33. The molecule has 1 heterocycles. The smallest absolute Gasteiger partial charge is 0.414 e. The molecule has 0 aliphatic carbocycles. The summed E-state index contributed by atoms with van der Waals surface area (Å²) in [5.74, 6) is 1.49. The summed E-state index contributed by atoms with van der Waals surface area (Å²) in [5.41, 5.74) is 0.653. The van der Waals surface area contributed by atoms with Gasteiger partial charge in [0.15, 0.2) is 11.5 Å². The molecule has 1 aliphatic rings. The number of hydrogen-bond acceptors (Lipinski definition) is 6. The maximum Gasteiger partial charge on any atom is 0.414 e. The third kappa shape index (κ3) is 4.11. The van der Waals surface area contributed by atoms with Crippen LogP contribution in [0.3, 0.4) is 0 Å². The number of cyclic esters (lactones) is 1. The van der Waals surface area contributed by atoms with E-state index in [1.54, 1.807) is 17.0 Å². The Balaban J connectivity index is 0.00000264. The van der Waals surface area contributed by atoms with E-state index in [4.69, 9.17) is 18.9 Å². The van der Waals surface area contributed by atoms with Gasteiger partial charge in [-0.25, -0.2) is 4.79 Å². The molecule has 1 aromatic rings. The van der Waals surface area contributed by atoms with E-state index >= 15 is 0 Å². The summed E-state index contributed by atoms with van der Waals surface area (Å²) in [7, 11) is 8.50. The summed E-state index contributed by atoms with van der Waals surface area (Å²) in [5, 5.41) is 0. The monoisotopic (exact) mass is 346 g/mol. The number of halogens is 1. The van der Waals surface area contributed by atoms with Gasteiger partial charge >= 0.3 is 6.09 Å². The molecule has 1 amide bonds. The topological polar surface area (TPSA) is 60.5 Å². The van der Waals surface area contributed by atoms with Gasteiger partial charge in [0.25, 0.3) is 0 Å². The van der Waals surface area contributed by atoms with Crippen LogP contribution in [0.2, 0.25) is 0 Å². The number of ether oxygens (including phenoxy) is 4. The van der Waals surface area contributed by atoms with Crippen LogP contribution in [-0.4, -0.2) is 65.6 Å². The van der Waals surface area contributed by atoms with Crippen molar-refractivity contribution < 1.29 is 23.7 Å². The zero-order chi connectivity index (χ0) is 16.3. The van der Waals surface area contributed by atoms with E-state index in [9.17, 15) is 4.79 Å². The fourth-order valence-corrected chi connectivity index (χ4v) is 2.46. The van der Waals surface area contributed by atoms with E-state index in [2.05, 4.69) is 0 Å². The number of nitrogens with zero attached hydrogens (tertiary/aromatic N) is 2. The lowest BCUT2D eigenvalue weighted by molar-refractivity contribution is 0.123. The van der Waals surface area contributed by atoms with Crippen molar-refractivity contribution >= 4 is 24.2 Å². The van der Waals surface area contributed by atoms with Gasteiger partial charge in [0.05, 0.1) is 33.6 Å². The Hall–Kier alpha value is -1.86. The number of methoxy groups -OCH3 is 3. The lowest BCUT2D eigenvalue weighted by atomic mass is 10.2. The van der Waals surface area contributed by atoms with E-state index in [1.165, 1.54) is 21.3 Å². The summed E-state index contributed by atoms with van der Waals surface area (Å²) in [6.07, 6.45) is -0.539. The zero-order valence-electron chi connectivity index (χ0n) is 14.0. The Bertz CT molecular complexity index is 528. The minimum absolute atomic E-state index is 0. The molecule has 7 nitrogen and oxygen atoms in total. The van der Waals surface area contributed by atoms with Crippen molar-refractivity contribution in [2.24, 2.45) is 0 Å². The van der Waals surface area contributed by atoms with Crippen molar-refractivity contribution in [3.05, 3.63) is 12.1 Å². The fraction of sp³-hybridized carbons (Fsp3) is 0.533. The molecular formula is C15H23ClN2O5. The minimum atomic E-state index is -0.374. The van der Waals surface area contributed by atoms with Crippen molar-refractivity contribution in [2.75, 3.05) is 53.4 Å². The van der Waals surface area contributed by atoms with E-state index in [-0.39, 0.29) is 24.6 Å². The number of rotatable bonds is 6. The van der Waals surface area contributed by atoms with Crippen LogP contribution < -0.4 is 19.1 Å². The lowest BCUT2D eigenvalue weighted by Crippen LogP contribution is -2.30. The molecule has 1 aromatic carbocycles. The van der Waals surface area contributed by atoms with Crippen LogP contribution in [0, 0.1) is 0 Å². The quantitative estimate of drug-likeness (QED) is 0.785. The fourth-order valence-electron chi connectivity index (χ4n) is 2.46. The Morgan fingerprint density at radius 3 is 2.17 bits per heavy atom. The molecule has 1 unspecified atom stereocenters. The largest absolute Gasteiger partial charge is 0.493 e. The lowest BCUT2D eigenvalue weighted by Gasteiger charge is -2.18. The average Bonchev–Trinajstić information content (AvgIpc) is 2.85. The van der Waals surface area contributed by atoms with E-state index < -0.39 is 0 Å². The Kier molecular flexibility index (Phi) is 6.78. The second-order valence-electron chi connectivity index (χ2n) is 5.26. The van der Waals surface area contributed by atoms with Crippen LogP contribution in [-0.2, 0) is 4.74 Å². The van der Waals surface area contributed by atoms with Crippen LogP contribution in [0.25, 0.3) is 0 Å². The summed E-state index contributed by atoms with van der Waals surface area (Å²) in [4.78, 5) is 15.6. The highest BCUT2D eigenvalue weighted by Crippen LogP contribution is 2.41. The minimum Gasteiger partial charge on any atom is -0.493 e. The second kappa shape index (κ2) is 8.12. The van der Waals surface area contributed by atoms with Gasteiger partial charge in [-0.05, 0) is 14.1 Å². The van der Waals surface area contributed by atoms with Gasteiger partial charge in [-0.15, -0.1) is 12.4 Å². The number of carbonyl (C=O) groups is 1. The molecule has 0 bridgehead atoms. The van der Waals surface area contributed by atoms with Gasteiger partial charge in [-0.2, -0.15) is 0 Å². The number of carbonyl (C=O) groups excluding carboxylic acids is 1. The molecule has 23 heavy (non-hydrogen) atoms. The molecule has 130 valence electrons. The van der Waals surface area contributed by atoms with Gasteiger partial charge in [0, 0.05) is 18.7 Å². The first-order valence-corrected chi connectivity index (χ1v) is 6.93. The molecule has 1 atom stereocenters. The third-order valence-corrected chi connectivity index (χ3v) is 3.40. The van der Waals surface area contributed by atoms with Crippen molar-refractivity contribution in [3.8, 4) is 17.2 Å². The number of benzene rings is 1. The molecule has 2 rings (SSSR count). The SMILES string of the molecule is COc1cc(N2CC(CN(C)C)OC2=O)cc(OC)c1OC.Cl. The Morgan fingerprint density at radius 2 is 1.74 bits per heavy atom.